The van der Waals surface area contributed by atoms with E-state index < -0.39 is 5.97 Å². The van der Waals surface area contributed by atoms with Crippen LogP contribution in [0.4, 0.5) is 5.82 Å². The Bertz CT molecular complexity index is 639. The van der Waals surface area contributed by atoms with Crippen molar-refractivity contribution in [1.29, 1.82) is 0 Å². The number of carbonyl (C=O) groups excluding carboxylic acids is 1. The molecule has 0 aliphatic heterocycles. The van der Waals surface area contributed by atoms with Crippen molar-refractivity contribution in [3.63, 3.8) is 0 Å². The Labute approximate surface area is 129 Å². The molecule has 1 atom stereocenters. The summed E-state index contributed by atoms with van der Waals surface area (Å²) in [5.41, 5.74) is 1.85. The Morgan fingerprint density at radius 2 is 1.86 bits per heavy atom. The van der Waals surface area contributed by atoms with E-state index in [-0.39, 0.29) is 24.7 Å². The van der Waals surface area contributed by atoms with Crippen molar-refractivity contribution >= 4 is 17.7 Å². The van der Waals surface area contributed by atoms with Crippen molar-refractivity contribution < 1.29 is 14.7 Å². The van der Waals surface area contributed by atoms with Crippen LogP contribution < -0.4 is 5.32 Å². The normalized spacial score (nSPS) is 11.7. The van der Waals surface area contributed by atoms with Gasteiger partial charge in [0.25, 0.3) is 0 Å². The zero-order valence-corrected chi connectivity index (χ0v) is 12.3. The zero-order chi connectivity index (χ0) is 15.9. The molecule has 0 aliphatic rings. The number of aliphatic carboxylic acids is 1. The van der Waals surface area contributed by atoms with Gasteiger partial charge >= 0.3 is 5.97 Å². The van der Waals surface area contributed by atoms with Gasteiger partial charge in [0.2, 0.25) is 5.91 Å². The summed E-state index contributed by atoms with van der Waals surface area (Å²) in [5, 5.41) is 11.7. The number of nitrogens with zero attached hydrogens (tertiary/aromatic N) is 1. The molecule has 1 aromatic heterocycles. The molecule has 2 rings (SSSR count). The molecule has 1 amide bonds. The molecular formula is C17H18N2O3. The van der Waals surface area contributed by atoms with Crippen LogP contribution in [0, 0.1) is 6.92 Å². The lowest BCUT2D eigenvalue weighted by Gasteiger charge is -2.15. The molecule has 2 N–H and O–H groups in total. The minimum absolute atomic E-state index is 0.0846. The fraction of sp³-hybridized carbons (Fsp3) is 0.235. The van der Waals surface area contributed by atoms with Crippen LogP contribution in [0.3, 0.4) is 0 Å². The lowest BCUT2D eigenvalue weighted by atomic mass is 9.92. The van der Waals surface area contributed by atoms with Gasteiger partial charge in [-0.2, -0.15) is 0 Å². The highest BCUT2D eigenvalue weighted by atomic mass is 16.4. The van der Waals surface area contributed by atoms with E-state index in [1.54, 1.807) is 12.3 Å². The number of benzene rings is 1. The number of hydrogen-bond acceptors (Lipinski definition) is 3. The Morgan fingerprint density at radius 3 is 2.45 bits per heavy atom. The van der Waals surface area contributed by atoms with Gasteiger partial charge in [0.1, 0.15) is 5.82 Å². The second kappa shape index (κ2) is 7.36. The molecular weight excluding hydrogens is 280 g/mol. The number of carboxylic acids is 1. The van der Waals surface area contributed by atoms with Crippen LogP contribution >= 0.6 is 0 Å². The summed E-state index contributed by atoms with van der Waals surface area (Å²) in [5.74, 6) is -1.05. The molecule has 2 aromatic rings. The van der Waals surface area contributed by atoms with E-state index in [4.69, 9.17) is 5.11 Å². The number of carboxylic acid groups (broad SMARTS) is 1. The van der Waals surface area contributed by atoms with Crippen LogP contribution in [0.25, 0.3) is 0 Å². The number of aromatic nitrogens is 1. The summed E-state index contributed by atoms with van der Waals surface area (Å²) >= 11 is 0. The lowest BCUT2D eigenvalue weighted by molar-refractivity contribution is -0.137. The quantitative estimate of drug-likeness (QED) is 0.859. The number of anilines is 1. The molecule has 1 heterocycles. The van der Waals surface area contributed by atoms with Crippen LogP contribution in [-0.4, -0.2) is 22.0 Å². The Balaban J connectivity index is 2.04. The van der Waals surface area contributed by atoms with Crippen LogP contribution in [0.2, 0.25) is 0 Å². The van der Waals surface area contributed by atoms with Crippen LogP contribution in [0.5, 0.6) is 0 Å². The predicted octanol–water partition coefficient (Wildman–Crippen LogP) is 2.98. The standard InChI is InChI=1S/C17H18N2O3/c1-12-7-8-15(18-11-12)19-16(20)9-14(10-17(21)22)13-5-3-2-4-6-13/h2-8,11,14H,9-10H2,1H3,(H,21,22)(H,18,19,20). The highest BCUT2D eigenvalue weighted by Gasteiger charge is 2.19. The summed E-state index contributed by atoms with van der Waals surface area (Å²) in [7, 11) is 0. The Hall–Kier alpha value is -2.69. The highest BCUT2D eigenvalue weighted by Crippen LogP contribution is 2.24. The average Bonchev–Trinajstić information content (AvgIpc) is 2.49. The fourth-order valence-corrected chi connectivity index (χ4v) is 2.20. The summed E-state index contributed by atoms with van der Waals surface area (Å²) in [4.78, 5) is 27.2. The van der Waals surface area contributed by atoms with Crippen molar-refractivity contribution in [2.75, 3.05) is 5.32 Å². The third kappa shape index (κ3) is 4.70. The van der Waals surface area contributed by atoms with Gasteiger partial charge in [-0.1, -0.05) is 36.4 Å². The molecule has 0 bridgehead atoms. The number of amides is 1. The molecule has 0 aliphatic carbocycles. The third-order valence-electron chi connectivity index (χ3n) is 3.30. The van der Waals surface area contributed by atoms with Crippen molar-refractivity contribution in [2.24, 2.45) is 0 Å². The van der Waals surface area contributed by atoms with Crippen molar-refractivity contribution in [3.05, 3.63) is 59.8 Å². The molecule has 0 saturated heterocycles. The predicted molar refractivity (Wildman–Crippen MR) is 83.7 cm³/mol. The maximum Gasteiger partial charge on any atom is 0.303 e. The SMILES string of the molecule is Cc1ccc(NC(=O)CC(CC(=O)O)c2ccccc2)nc1. The van der Waals surface area contributed by atoms with Gasteiger partial charge in [0.05, 0.1) is 6.42 Å². The van der Waals surface area contributed by atoms with Crippen molar-refractivity contribution in [3.8, 4) is 0 Å². The van der Waals surface area contributed by atoms with E-state index in [0.29, 0.717) is 5.82 Å². The maximum absolute atomic E-state index is 12.1. The molecule has 5 heteroatoms. The molecule has 1 aromatic carbocycles. The van der Waals surface area contributed by atoms with Gasteiger partial charge in [-0.3, -0.25) is 9.59 Å². The monoisotopic (exact) mass is 298 g/mol. The molecule has 22 heavy (non-hydrogen) atoms. The summed E-state index contributed by atoms with van der Waals surface area (Å²) in [6, 6.07) is 12.8. The van der Waals surface area contributed by atoms with E-state index in [0.717, 1.165) is 11.1 Å². The second-order valence-corrected chi connectivity index (χ2v) is 5.18. The number of aryl methyl sites for hydroxylation is 1. The molecule has 5 nitrogen and oxygen atoms in total. The minimum atomic E-state index is -0.921. The number of hydrogen-bond donors (Lipinski definition) is 2. The van der Waals surface area contributed by atoms with E-state index in [1.165, 1.54) is 0 Å². The average molecular weight is 298 g/mol. The first-order valence-corrected chi connectivity index (χ1v) is 7.04. The summed E-state index contributed by atoms with van der Waals surface area (Å²) < 4.78 is 0. The smallest absolute Gasteiger partial charge is 0.303 e. The fourth-order valence-electron chi connectivity index (χ4n) is 2.20. The van der Waals surface area contributed by atoms with Gasteiger partial charge in [0.15, 0.2) is 0 Å². The van der Waals surface area contributed by atoms with E-state index >= 15 is 0 Å². The Kier molecular flexibility index (Phi) is 5.25. The molecule has 114 valence electrons. The molecule has 0 fully saturated rings. The highest BCUT2D eigenvalue weighted by molar-refractivity contribution is 5.90. The summed E-state index contributed by atoms with van der Waals surface area (Å²) in [6.45, 7) is 1.91. The Morgan fingerprint density at radius 1 is 1.14 bits per heavy atom. The third-order valence-corrected chi connectivity index (χ3v) is 3.30. The summed E-state index contributed by atoms with van der Waals surface area (Å²) in [6.07, 6.45) is 1.69. The molecule has 0 radical (unpaired) electrons. The first-order chi connectivity index (χ1) is 10.5. The van der Waals surface area contributed by atoms with Gasteiger partial charge in [-0.05, 0) is 24.1 Å². The van der Waals surface area contributed by atoms with Crippen molar-refractivity contribution in [2.45, 2.75) is 25.7 Å². The van der Waals surface area contributed by atoms with Gasteiger partial charge in [-0.25, -0.2) is 4.98 Å². The minimum Gasteiger partial charge on any atom is -0.481 e. The molecule has 1 unspecified atom stereocenters. The van der Waals surface area contributed by atoms with E-state index in [2.05, 4.69) is 10.3 Å². The first-order valence-electron chi connectivity index (χ1n) is 7.04. The van der Waals surface area contributed by atoms with Crippen LogP contribution in [-0.2, 0) is 9.59 Å². The lowest BCUT2D eigenvalue weighted by Crippen LogP contribution is -2.18. The van der Waals surface area contributed by atoms with Crippen molar-refractivity contribution in [1.82, 2.24) is 4.98 Å². The molecule has 0 saturated carbocycles. The second-order valence-electron chi connectivity index (χ2n) is 5.18. The van der Waals surface area contributed by atoms with Gasteiger partial charge < -0.3 is 10.4 Å². The van der Waals surface area contributed by atoms with Crippen LogP contribution in [0.15, 0.2) is 48.7 Å². The zero-order valence-electron chi connectivity index (χ0n) is 12.3. The number of rotatable bonds is 6. The van der Waals surface area contributed by atoms with Gasteiger partial charge in [0, 0.05) is 18.5 Å². The first kappa shape index (κ1) is 15.7. The maximum atomic E-state index is 12.1. The van der Waals surface area contributed by atoms with Gasteiger partial charge in [-0.15, -0.1) is 0 Å². The largest absolute Gasteiger partial charge is 0.481 e. The van der Waals surface area contributed by atoms with E-state index in [1.807, 2.05) is 43.3 Å². The van der Waals surface area contributed by atoms with E-state index in [9.17, 15) is 9.59 Å². The number of pyridine rings is 1. The number of carbonyl (C=O) groups is 2. The molecule has 0 spiro atoms. The topological polar surface area (TPSA) is 79.3 Å². The van der Waals surface area contributed by atoms with Crippen LogP contribution in [0.1, 0.15) is 29.9 Å². The number of nitrogens with one attached hydrogen (secondary N) is 1.